The minimum Gasteiger partial charge on any atom is -0.354 e. The van der Waals surface area contributed by atoms with Crippen LogP contribution in [0.2, 0.25) is 0 Å². The molecule has 1 aromatic carbocycles. The molecule has 1 aliphatic rings. The van der Waals surface area contributed by atoms with E-state index < -0.39 is 0 Å². The van der Waals surface area contributed by atoms with E-state index in [0.29, 0.717) is 13.0 Å². The maximum atomic E-state index is 11.8. The van der Waals surface area contributed by atoms with Crippen LogP contribution in [0.15, 0.2) is 30.3 Å². The molecule has 0 N–H and O–H groups in total. The van der Waals surface area contributed by atoms with E-state index in [9.17, 15) is 4.79 Å². The maximum absolute atomic E-state index is 11.8. The summed E-state index contributed by atoms with van der Waals surface area (Å²) in [5.74, 6) is 0.204. The number of ether oxygens (including phenoxy) is 1. The van der Waals surface area contributed by atoms with Crippen LogP contribution in [0.25, 0.3) is 0 Å². The highest BCUT2D eigenvalue weighted by Gasteiger charge is 2.29. The van der Waals surface area contributed by atoms with E-state index in [2.05, 4.69) is 6.92 Å². The van der Waals surface area contributed by atoms with Crippen LogP contribution in [0, 0.1) is 0 Å². The van der Waals surface area contributed by atoms with Gasteiger partial charge < -0.3 is 9.64 Å². The number of likely N-dealkylation sites (tertiary alicyclic amines) is 1. The monoisotopic (exact) mass is 233 g/mol. The maximum Gasteiger partial charge on any atom is 0.224 e. The lowest BCUT2D eigenvalue weighted by molar-refractivity contribution is -0.142. The fourth-order valence-corrected chi connectivity index (χ4v) is 2.13. The SMILES string of the molecule is CCCOC(c1ccccc1)N1CCCC1=O. The van der Waals surface area contributed by atoms with Gasteiger partial charge in [0.1, 0.15) is 0 Å². The molecule has 0 aromatic heterocycles. The highest BCUT2D eigenvalue weighted by molar-refractivity contribution is 5.78. The number of carbonyl (C=O) groups is 1. The zero-order valence-corrected chi connectivity index (χ0v) is 10.3. The molecule has 0 saturated carbocycles. The summed E-state index contributed by atoms with van der Waals surface area (Å²) >= 11 is 0. The third-order valence-electron chi connectivity index (χ3n) is 2.96. The van der Waals surface area contributed by atoms with E-state index in [1.807, 2.05) is 35.2 Å². The molecule has 3 heteroatoms. The molecule has 1 aromatic rings. The summed E-state index contributed by atoms with van der Waals surface area (Å²) in [5, 5.41) is 0. The molecule has 1 heterocycles. The van der Waals surface area contributed by atoms with Crippen molar-refractivity contribution >= 4 is 5.91 Å². The number of benzene rings is 1. The van der Waals surface area contributed by atoms with Crippen molar-refractivity contribution in [3.05, 3.63) is 35.9 Å². The smallest absolute Gasteiger partial charge is 0.224 e. The van der Waals surface area contributed by atoms with E-state index in [1.54, 1.807) is 0 Å². The normalized spacial score (nSPS) is 17.5. The Morgan fingerprint density at radius 3 is 2.71 bits per heavy atom. The Bertz CT molecular complexity index is 364. The number of rotatable bonds is 5. The Morgan fingerprint density at radius 1 is 1.35 bits per heavy atom. The van der Waals surface area contributed by atoms with Crippen LogP contribution < -0.4 is 0 Å². The fourth-order valence-electron chi connectivity index (χ4n) is 2.13. The van der Waals surface area contributed by atoms with Gasteiger partial charge in [0.2, 0.25) is 5.91 Å². The van der Waals surface area contributed by atoms with Crippen LogP contribution in [-0.4, -0.2) is 24.0 Å². The highest BCUT2D eigenvalue weighted by atomic mass is 16.5. The van der Waals surface area contributed by atoms with E-state index in [4.69, 9.17) is 4.74 Å². The molecule has 0 radical (unpaired) electrons. The summed E-state index contributed by atoms with van der Waals surface area (Å²) in [6, 6.07) is 9.99. The van der Waals surface area contributed by atoms with Crippen molar-refractivity contribution in [2.24, 2.45) is 0 Å². The molecule has 0 bridgehead atoms. The number of carbonyl (C=O) groups excluding carboxylic acids is 1. The minimum absolute atomic E-state index is 0.203. The van der Waals surface area contributed by atoms with Crippen LogP contribution in [0.4, 0.5) is 0 Å². The predicted molar refractivity (Wildman–Crippen MR) is 66.4 cm³/mol. The Hall–Kier alpha value is -1.35. The van der Waals surface area contributed by atoms with Crippen molar-refractivity contribution in [1.29, 1.82) is 0 Å². The molecule has 1 unspecified atom stereocenters. The molecule has 2 rings (SSSR count). The lowest BCUT2D eigenvalue weighted by Crippen LogP contribution is -2.31. The van der Waals surface area contributed by atoms with Gasteiger partial charge in [-0.1, -0.05) is 37.3 Å². The third kappa shape index (κ3) is 2.86. The van der Waals surface area contributed by atoms with E-state index in [1.165, 1.54) is 0 Å². The standard InChI is InChI=1S/C14H19NO2/c1-2-11-17-14(12-7-4-3-5-8-12)15-10-6-9-13(15)16/h3-5,7-8,14H,2,6,9-11H2,1H3. The molecular formula is C14H19NO2. The van der Waals surface area contributed by atoms with Crippen LogP contribution >= 0.6 is 0 Å². The van der Waals surface area contributed by atoms with Crippen LogP contribution in [0.3, 0.4) is 0 Å². The molecule has 1 atom stereocenters. The predicted octanol–water partition coefficient (Wildman–Crippen LogP) is 2.73. The quantitative estimate of drug-likeness (QED) is 0.782. The molecule has 0 spiro atoms. The van der Waals surface area contributed by atoms with E-state index >= 15 is 0 Å². The van der Waals surface area contributed by atoms with Gasteiger partial charge in [-0.2, -0.15) is 0 Å². The van der Waals surface area contributed by atoms with Gasteiger partial charge in [0.25, 0.3) is 0 Å². The first-order valence-electron chi connectivity index (χ1n) is 6.29. The van der Waals surface area contributed by atoms with Crippen molar-refractivity contribution in [3.63, 3.8) is 0 Å². The molecule has 92 valence electrons. The molecular weight excluding hydrogens is 214 g/mol. The van der Waals surface area contributed by atoms with Gasteiger partial charge in [-0.05, 0) is 12.8 Å². The van der Waals surface area contributed by atoms with Gasteiger partial charge in [0.05, 0.1) is 0 Å². The highest BCUT2D eigenvalue weighted by Crippen LogP contribution is 2.27. The second kappa shape index (κ2) is 5.82. The first kappa shape index (κ1) is 12.1. The van der Waals surface area contributed by atoms with Crippen molar-refractivity contribution in [2.45, 2.75) is 32.4 Å². The Labute approximate surface area is 102 Å². The molecule has 3 nitrogen and oxygen atoms in total. The van der Waals surface area contributed by atoms with Gasteiger partial charge in [-0.25, -0.2) is 0 Å². The first-order valence-corrected chi connectivity index (χ1v) is 6.29. The van der Waals surface area contributed by atoms with Crippen LogP contribution in [0.5, 0.6) is 0 Å². The van der Waals surface area contributed by atoms with Crippen molar-refractivity contribution in [1.82, 2.24) is 4.90 Å². The Balaban J connectivity index is 2.16. The minimum atomic E-state index is -0.203. The average molecular weight is 233 g/mol. The van der Waals surface area contributed by atoms with Gasteiger partial charge >= 0.3 is 0 Å². The lowest BCUT2D eigenvalue weighted by atomic mass is 10.2. The fraction of sp³-hybridized carbons (Fsp3) is 0.500. The van der Waals surface area contributed by atoms with Crippen molar-refractivity contribution in [2.75, 3.05) is 13.2 Å². The van der Waals surface area contributed by atoms with E-state index in [0.717, 1.165) is 24.9 Å². The molecule has 1 amide bonds. The number of amides is 1. The zero-order chi connectivity index (χ0) is 12.1. The summed E-state index contributed by atoms with van der Waals surface area (Å²) < 4.78 is 5.84. The second-order valence-electron chi connectivity index (χ2n) is 4.32. The van der Waals surface area contributed by atoms with Crippen LogP contribution in [0.1, 0.15) is 38.0 Å². The van der Waals surface area contributed by atoms with E-state index in [-0.39, 0.29) is 12.1 Å². The molecule has 1 aliphatic heterocycles. The van der Waals surface area contributed by atoms with Gasteiger partial charge in [-0.3, -0.25) is 4.79 Å². The number of hydrogen-bond acceptors (Lipinski definition) is 2. The molecule has 1 saturated heterocycles. The Kier molecular flexibility index (Phi) is 4.15. The first-order chi connectivity index (χ1) is 8.33. The summed E-state index contributed by atoms with van der Waals surface area (Å²) in [6.07, 6.45) is 2.35. The van der Waals surface area contributed by atoms with Gasteiger partial charge in [0.15, 0.2) is 6.23 Å². The summed E-state index contributed by atoms with van der Waals surface area (Å²) in [6.45, 7) is 3.57. The van der Waals surface area contributed by atoms with Crippen molar-refractivity contribution < 1.29 is 9.53 Å². The molecule has 0 aliphatic carbocycles. The largest absolute Gasteiger partial charge is 0.354 e. The number of nitrogens with zero attached hydrogens (tertiary/aromatic N) is 1. The third-order valence-corrected chi connectivity index (χ3v) is 2.96. The summed E-state index contributed by atoms with van der Waals surface area (Å²) in [4.78, 5) is 13.7. The second-order valence-corrected chi connectivity index (χ2v) is 4.32. The topological polar surface area (TPSA) is 29.5 Å². The van der Waals surface area contributed by atoms with Gasteiger partial charge in [-0.15, -0.1) is 0 Å². The van der Waals surface area contributed by atoms with Crippen LogP contribution in [-0.2, 0) is 9.53 Å². The van der Waals surface area contributed by atoms with Gasteiger partial charge in [0, 0.05) is 25.1 Å². The lowest BCUT2D eigenvalue weighted by Gasteiger charge is -2.28. The molecule has 17 heavy (non-hydrogen) atoms. The molecule has 1 fully saturated rings. The number of hydrogen-bond donors (Lipinski definition) is 0. The van der Waals surface area contributed by atoms with Crippen molar-refractivity contribution in [3.8, 4) is 0 Å². The summed E-state index contributed by atoms with van der Waals surface area (Å²) in [7, 11) is 0. The summed E-state index contributed by atoms with van der Waals surface area (Å²) in [5.41, 5.74) is 1.07. The zero-order valence-electron chi connectivity index (χ0n) is 10.3. The Morgan fingerprint density at radius 2 is 2.12 bits per heavy atom. The average Bonchev–Trinajstić information content (AvgIpc) is 2.78.